The average Bonchev–Trinajstić information content (AvgIpc) is 3.03. The van der Waals surface area contributed by atoms with Crippen molar-refractivity contribution in [2.45, 2.75) is 59.5 Å². The summed E-state index contributed by atoms with van der Waals surface area (Å²) in [7, 11) is 0. The summed E-state index contributed by atoms with van der Waals surface area (Å²) >= 11 is 0. The van der Waals surface area contributed by atoms with E-state index in [1.807, 2.05) is 0 Å². The summed E-state index contributed by atoms with van der Waals surface area (Å²) in [6.07, 6.45) is 7.44. The standard InChI is InChI=1S/C27H38N2O2/c1-18-7-5-9-24(20(18)3)29-13-11-28(12-14-29)17-22-21-15-23-19(2)8-6-10-27(23,4)16-25(21)31-26(22)30/h5,7,9,15,19,21-22,25H,6,8,10-14,16-17H2,1-4H3. The molecule has 2 aliphatic heterocycles. The van der Waals surface area contributed by atoms with Crippen LogP contribution in [0.2, 0.25) is 0 Å². The lowest BCUT2D eigenvalue weighted by atomic mass is 9.59. The molecule has 2 aliphatic carbocycles. The SMILES string of the molecule is Cc1cccc(N2CCN(CC3C(=O)OC4CC5(C)CCCC(C)C5=CC43)CC2)c1C. The fraction of sp³-hybridized carbons (Fsp3) is 0.667. The van der Waals surface area contributed by atoms with Crippen molar-refractivity contribution in [1.82, 2.24) is 4.90 Å². The molecule has 0 aromatic heterocycles. The van der Waals surface area contributed by atoms with Crippen LogP contribution >= 0.6 is 0 Å². The van der Waals surface area contributed by atoms with Gasteiger partial charge in [0.25, 0.3) is 0 Å². The van der Waals surface area contributed by atoms with Crippen molar-refractivity contribution in [2.75, 3.05) is 37.6 Å². The van der Waals surface area contributed by atoms with Crippen LogP contribution in [0.4, 0.5) is 5.69 Å². The Morgan fingerprint density at radius 1 is 1.16 bits per heavy atom. The van der Waals surface area contributed by atoms with Crippen LogP contribution in [0.15, 0.2) is 29.8 Å². The number of allylic oxidation sites excluding steroid dienone is 1. The largest absolute Gasteiger partial charge is 0.461 e. The molecule has 1 aromatic rings. The summed E-state index contributed by atoms with van der Waals surface area (Å²) in [5, 5.41) is 0. The van der Waals surface area contributed by atoms with E-state index >= 15 is 0 Å². The monoisotopic (exact) mass is 422 g/mol. The second-order valence-corrected chi connectivity index (χ2v) is 10.8. The molecule has 0 amide bonds. The van der Waals surface area contributed by atoms with Crippen molar-refractivity contribution in [3.63, 3.8) is 0 Å². The van der Waals surface area contributed by atoms with Gasteiger partial charge in [-0.3, -0.25) is 9.69 Å². The zero-order valence-corrected chi connectivity index (χ0v) is 19.7. The second-order valence-electron chi connectivity index (χ2n) is 10.8. The number of carbonyl (C=O) groups is 1. The molecular formula is C27H38N2O2. The van der Waals surface area contributed by atoms with Gasteiger partial charge in [-0.1, -0.05) is 44.1 Å². The minimum Gasteiger partial charge on any atom is -0.461 e. The van der Waals surface area contributed by atoms with E-state index in [0.717, 1.165) is 39.1 Å². The fourth-order valence-electron chi connectivity index (χ4n) is 6.79. The second kappa shape index (κ2) is 7.95. The van der Waals surface area contributed by atoms with Gasteiger partial charge >= 0.3 is 5.97 Å². The number of piperazine rings is 1. The highest BCUT2D eigenvalue weighted by molar-refractivity contribution is 5.76. The Morgan fingerprint density at radius 2 is 1.94 bits per heavy atom. The molecule has 4 heteroatoms. The third kappa shape index (κ3) is 3.71. The van der Waals surface area contributed by atoms with E-state index in [2.05, 4.69) is 61.8 Å². The highest BCUT2D eigenvalue weighted by Gasteiger charge is 2.52. The first-order chi connectivity index (χ1) is 14.9. The van der Waals surface area contributed by atoms with Crippen LogP contribution in [-0.2, 0) is 9.53 Å². The molecule has 2 heterocycles. The van der Waals surface area contributed by atoms with Crippen molar-refractivity contribution in [3.05, 3.63) is 41.0 Å². The first-order valence-electron chi connectivity index (χ1n) is 12.3. The van der Waals surface area contributed by atoms with Gasteiger partial charge in [-0.2, -0.15) is 0 Å². The summed E-state index contributed by atoms with van der Waals surface area (Å²) in [5.74, 6) is 0.965. The van der Waals surface area contributed by atoms with Gasteiger partial charge in [-0.25, -0.2) is 0 Å². The Balaban J connectivity index is 1.27. The molecule has 4 aliphatic rings. The van der Waals surface area contributed by atoms with Gasteiger partial charge in [0.15, 0.2) is 0 Å². The Labute approximate surface area is 187 Å². The Kier molecular flexibility index (Phi) is 5.40. The van der Waals surface area contributed by atoms with Crippen molar-refractivity contribution in [2.24, 2.45) is 23.2 Å². The van der Waals surface area contributed by atoms with Crippen molar-refractivity contribution >= 4 is 11.7 Å². The van der Waals surface area contributed by atoms with Crippen LogP contribution in [0.3, 0.4) is 0 Å². The molecule has 5 rings (SSSR count). The average molecular weight is 423 g/mol. The minimum atomic E-state index is 0.00318. The topological polar surface area (TPSA) is 32.8 Å². The molecule has 0 radical (unpaired) electrons. The molecule has 1 saturated carbocycles. The maximum Gasteiger partial charge on any atom is 0.311 e. The van der Waals surface area contributed by atoms with Gasteiger partial charge in [-0.05, 0) is 61.6 Å². The van der Waals surface area contributed by atoms with Crippen LogP contribution in [0.1, 0.15) is 50.7 Å². The lowest BCUT2D eigenvalue weighted by Crippen LogP contribution is -2.49. The molecular weight excluding hydrogens is 384 g/mol. The number of benzene rings is 1. The molecule has 4 nitrogen and oxygen atoms in total. The van der Waals surface area contributed by atoms with Crippen molar-refractivity contribution < 1.29 is 9.53 Å². The lowest BCUT2D eigenvalue weighted by molar-refractivity contribution is -0.145. The third-order valence-electron chi connectivity index (χ3n) is 8.83. The summed E-state index contributed by atoms with van der Waals surface area (Å²) in [6.45, 7) is 14.1. The Bertz CT molecular complexity index is 885. The number of fused-ring (bicyclic) bond motifs is 2. The first kappa shape index (κ1) is 21.1. The number of nitrogens with zero attached hydrogens (tertiary/aromatic N) is 2. The number of esters is 1. The Morgan fingerprint density at radius 3 is 2.71 bits per heavy atom. The van der Waals surface area contributed by atoms with Crippen molar-refractivity contribution in [3.8, 4) is 0 Å². The minimum absolute atomic E-state index is 0.00318. The Hall–Kier alpha value is -1.81. The van der Waals surface area contributed by atoms with Gasteiger partial charge in [-0.15, -0.1) is 0 Å². The highest BCUT2D eigenvalue weighted by Crippen LogP contribution is 2.54. The van der Waals surface area contributed by atoms with E-state index in [0.29, 0.717) is 5.92 Å². The molecule has 5 unspecified atom stereocenters. The number of anilines is 1. The van der Waals surface area contributed by atoms with E-state index < -0.39 is 0 Å². The molecule has 31 heavy (non-hydrogen) atoms. The molecule has 3 fully saturated rings. The molecule has 168 valence electrons. The third-order valence-corrected chi connectivity index (χ3v) is 8.83. The number of hydrogen-bond acceptors (Lipinski definition) is 4. The summed E-state index contributed by atoms with van der Waals surface area (Å²) in [6, 6.07) is 6.59. The number of rotatable bonds is 3. The number of aryl methyl sites for hydroxylation is 1. The van der Waals surface area contributed by atoms with E-state index in [1.54, 1.807) is 5.57 Å². The maximum atomic E-state index is 12.9. The summed E-state index contributed by atoms with van der Waals surface area (Å²) in [4.78, 5) is 17.9. The predicted octanol–water partition coefficient (Wildman–Crippen LogP) is 4.74. The van der Waals surface area contributed by atoms with E-state index in [9.17, 15) is 4.79 Å². The van der Waals surface area contributed by atoms with E-state index in [4.69, 9.17) is 4.74 Å². The van der Waals surface area contributed by atoms with Crippen LogP contribution in [0.5, 0.6) is 0 Å². The van der Waals surface area contributed by atoms with Gasteiger partial charge < -0.3 is 9.64 Å². The quantitative estimate of drug-likeness (QED) is 0.520. The summed E-state index contributed by atoms with van der Waals surface area (Å²) < 4.78 is 5.97. The zero-order chi connectivity index (χ0) is 21.8. The zero-order valence-electron chi connectivity index (χ0n) is 19.7. The molecule has 0 N–H and O–H groups in total. The lowest BCUT2D eigenvalue weighted by Gasteiger charge is -2.46. The predicted molar refractivity (Wildman–Crippen MR) is 125 cm³/mol. The van der Waals surface area contributed by atoms with Crippen LogP contribution in [0, 0.1) is 37.0 Å². The van der Waals surface area contributed by atoms with Gasteiger partial charge in [0.1, 0.15) is 6.10 Å². The van der Waals surface area contributed by atoms with E-state index in [-0.39, 0.29) is 29.3 Å². The molecule has 0 spiro atoms. The first-order valence-corrected chi connectivity index (χ1v) is 12.3. The van der Waals surface area contributed by atoms with Gasteiger partial charge in [0, 0.05) is 44.3 Å². The van der Waals surface area contributed by atoms with Crippen molar-refractivity contribution in [1.29, 1.82) is 0 Å². The summed E-state index contributed by atoms with van der Waals surface area (Å²) in [5.41, 5.74) is 5.96. The number of carbonyl (C=O) groups excluding carboxylic acids is 1. The van der Waals surface area contributed by atoms with Crippen LogP contribution in [0.25, 0.3) is 0 Å². The van der Waals surface area contributed by atoms with Crippen LogP contribution in [-0.4, -0.2) is 49.7 Å². The van der Waals surface area contributed by atoms with Gasteiger partial charge in [0.05, 0.1) is 5.92 Å². The molecule has 0 bridgehead atoms. The smallest absolute Gasteiger partial charge is 0.311 e. The molecule has 1 aromatic carbocycles. The maximum absolute atomic E-state index is 12.9. The van der Waals surface area contributed by atoms with E-state index in [1.165, 1.54) is 36.1 Å². The van der Waals surface area contributed by atoms with Crippen LogP contribution < -0.4 is 4.90 Å². The molecule has 2 saturated heterocycles. The van der Waals surface area contributed by atoms with Gasteiger partial charge in [0.2, 0.25) is 0 Å². The molecule has 5 atom stereocenters. The highest BCUT2D eigenvalue weighted by atomic mass is 16.6. The number of hydrogen-bond donors (Lipinski definition) is 0. The fourth-order valence-corrected chi connectivity index (χ4v) is 6.79. The normalized spacial score (nSPS) is 35.9. The number of ether oxygens (including phenoxy) is 1.